The molecule has 0 aliphatic carbocycles. The summed E-state index contributed by atoms with van der Waals surface area (Å²) in [6, 6.07) is 10.2. The van der Waals surface area contributed by atoms with Crippen LogP contribution in [0.25, 0.3) is 0 Å². The summed E-state index contributed by atoms with van der Waals surface area (Å²) < 4.78 is 0. The van der Waals surface area contributed by atoms with Gasteiger partial charge in [-0.05, 0) is 30.9 Å². The number of nitrogens with zero attached hydrogens (tertiary/aromatic N) is 3. The fraction of sp³-hybridized carbons (Fsp3) is 0.375. The third-order valence-electron chi connectivity index (χ3n) is 3.87. The molecular formula is C16H20N4S. The van der Waals surface area contributed by atoms with E-state index < -0.39 is 0 Å². The van der Waals surface area contributed by atoms with Crippen molar-refractivity contribution in [1.82, 2.24) is 9.97 Å². The van der Waals surface area contributed by atoms with Crippen molar-refractivity contribution in [2.75, 3.05) is 23.7 Å². The van der Waals surface area contributed by atoms with Crippen molar-refractivity contribution in [3.8, 4) is 0 Å². The Morgan fingerprint density at radius 1 is 1.14 bits per heavy atom. The molecule has 1 aliphatic rings. The monoisotopic (exact) mass is 300 g/mol. The smallest absolute Gasteiger partial charge is 0.156 e. The predicted octanol–water partition coefficient (Wildman–Crippen LogP) is 3.45. The van der Waals surface area contributed by atoms with Gasteiger partial charge in [0.05, 0.1) is 0 Å². The molecule has 3 rings (SSSR count). The number of hydrogen-bond donors (Lipinski definition) is 1. The Balaban J connectivity index is 1.82. The third kappa shape index (κ3) is 3.29. The van der Waals surface area contributed by atoms with Gasteiger partial charge in [0, 0.05) is 18.0 Å². The first kappa shape index (κ1) is 14.2. The molecule has 5 heteroatoms. The number of aromatic nitrogens is 2. The molecule has 2 heterocycles. The molecular weight excluding hydrogens is 280 g/mol. The van der Waals surface area contributed by atoms with Gasteiger partial charge in [0.25, 0.3) is 0 Å². The van der Waals surface area contributed by atoms with E-state index in [1.807, 2.05) is 18.2 Å². The molecule has 0 unspecified atom stereocenters. The Morgan fingerprint density at radius 3 is 2.57 bits per heavy atom. The highest BCUT2D eigenvalue weighted by atomic mass is 32.2. The molecule has 21 heavy (non-hydrogen) atoms. The van der Waals surface area contributed by atoms with Gasteiger partial charge in [0.15, 0.2) is 5.82 Å². The molecule has 4 nitrogen and oxygen atoms in total. The van der Waals surface area contributed by atoms with E-state index in [0.717, 1.165) is 34.7 Å². The lowest BCUT2D eigenvalue weighted by Crippen LogP contribution is -2.34. The average Bonchev–Trinajstić information content (AvgIpc) is 2.52. The van der Waals surface area contributed by atoms with E-state index in [1.54, 1.807) is 18.1 Å². The third-order valence-corrected chi connectivity index (χ3v) is 4.89. The lowest BCUT2D eigenvalue weighted by atomic mass is 9.99. The van der Waals surface area contributed by atoms with Crippen molar-refractivity contribution < 1.29 is 0 Å². The minimum absolute atomic E-state index is 0.695. The number of benzene rings is 1. The van der Waals surface area contributed by atoms with E-state index >= 15 is 0 Å². The SMILES string of the molecule is CC1CCN(c2ncnc(Sc3ccccc3)c2N)CC1. The van der Waals surface area contributed by atoms with Gasteiger partial charge in [0.2, 0.25) is 0 Å². The van der Waals surface area contributed by atoms with Gasteiger partial charge in [-0.15, -0.1) is 0 Å². The minimum atomic E-state index is 0.695. The molecule has 0 amide bonds. The maximum absolute atomic E-state index is 6.31. The molecule has 2 N–H and O–H groups in total. The van der Waals surface area contributed by atoms with Crippen LogP contribution in [0.4, 0.5) is 11.5 Å². The molecule has 1 fully saturated rings. The van der Waals surface area contributed by atoms with Gasteiger partial charge in [-0.2, -0.15) is 0 Å². The van der Waals surface area contributed by atoms with Gasteiger partial charge >= 0.3 is 0 Å². The second-order valence-corrected chi connectivity index (χ2v) is 6.56. The van der Waals surface area contributed by atoms with Crippen molar-refractivity contribution in [3.63, 3.8) is 0 Å². The van der Waals surface area contributed by atoms with Crippen LogP contribution in [0.1, 0.15) is 19.8 Å². The van der Waals surface area contributed by atoms with Crippen molar-refractivity contribution in [1.29, 1.82) is 0 Å². The molecule has 1 aromatic heterocycles. The molecule has 0 atom stereocenters. The summed E-state index contributed by atoms with van der Waals surface area (Å²) in [5, 5.41) is 0.838. The zero-order valence-corrected chi connectivity index (χ0v) is 13.0. The minimum Gasteiger partial charge on any atom is -0.394 e. The Bertz CT molecular complexity index is 594. The van der Waals surface area contributed by atoms with Crippen molar-refractivity contribution >= 4 is 23.3 Å². The Kier molecular flexibility index (Phi) is 4.29. The lowest BCUT2D eigenvalue weighted by molar-refractivity contribution is 0.436. The molecule has 1 saturated heterocycles. The number of piperidine rings is 1. The van der Waals surface area contributed by atoms with Crippen LogP contribution in [0, 0.1) is 5.92 Å². The average molecular weight is 300 g/mol. The number of hydrogen-bond acceptors (Lipinski definition) is 5. The van der Waals surface area contributed by atoms with Gasteiger partial charge < -0.3 is 10.6 Å². The molecule has 0 saturated carbocycles. The van der Waals surface area contributed by atoms with E-state index in [0.29, 0.717) is 5.69 Å². The van der Waals surface area contributed by atoms with Crippen molar-refractivity contribution in [2.24, 2.45) is 5.92 Å². The van der Waals surface area contributed by atoms with Crippen LogP contribution >= 0.6 is 11.8 Å². The standard InChI is InChI=1S/C16H20N4S/c1-12-7-9-20(10-8-12)15-14(17)16(19-11-18-15)21-13-5-3-2-4-6-13/h2-6,11-12H,7-10,17H2,1H3. The summed E-state index contributed by atoms with van der Waals surface area (Å²) in [4.78, 5) is 12.2. The highest BCUT2D eigenvalue weighted by Crippen LogP contribution is 2.35. The summed E-state index contributed by atoms with van der Waals surface area (Å²) >= 11 is 1.59. The summed E-state index contributed by atoms with van der Waals surface area (Å²) in [7, 11) is 0. The van der Waals surface area contributed by atoms with Crippen LogP contribution in [0.15, 0.2) is 46.6 Å². The molecule has 110 valence electrons. The summed E-state index contributed by atoms with van der Waals surface area (Å²) in [6.45, 7) is 4.35. The molecule has 1 aromatic carbocycles. The topological polar surface area (TPSA) is 55.0 Å². The van der Waals surface area contributed by atoms with Crippen LogP contribution in [-0.4, -0.2) is 23.1 Å². The Labute approximate surface area is 129 Å². The van der Waals surface area contributed by atoms with Crippen LogP contribution in [0.5, 0.6) is 0 Å². The van der Waals surface area contributed by atoms with Crippen molar-refractivity contribution in [3.05, 3.63) is 36.7 Å². The summed E-state index contributed by atoms with van der Waals surface area (Å²) in [5.41, 5.74) is 7.00. The normalized spacial score (nSPS) is 16.1. The number of anilines is 2. The first-order valence-corrected chi connectivity index (χ1v) is 8.14. The number of nitrogen functional groups attached to an aromatic ring is 1. The van der Waals surface area contributed by atoms with Crippen LogP contribution < -0.4 is 10.6 Å². The van der Waals surface area contributed by atoms with Gasteiger partial charge in [-0.1, -0.05) is 36.9 Å². The Hall–Kier alpha value is -1.75. The van der Waals surface area contributed by atoms with Crippen molar-refractivity contribution in [2.45, 2.75) is 29.7 Å². The fourth-order valence-electron chi connectivity index (χ4n) is 2.52. The zero-order chi connectivity index (χ0) is 14.7. The molecule has 0 radical (unpaired) electrons. The van der Waals surface area contributed by atoms with Crippen LogP contribution in [0.3, 0.4) is 0 Å². The molecule has 0 bridgehead atoms. The fourth-order valence-corrected chi connectivity index (χ4v) is 3.34. The lowest BCUT2D eigenvalue weighted by Gasteiger charge is -2.32. The van der Waals surface area contributed by atoms with Gasteiger partial charge in [-0.3, -0.25) is 0 Å². The van der Waals surface area contributed by atoms with Gasteiger partial charge in [0.1, 0.15) is 17.0 Å². The molecule has 0 spiro atoms. The highest BCUT2D eigenvalue weighted by Gasteiger charge is 2.20. The van der Waals surface area contributed by atoms with E-state index in [-0.39, 0.29) is 0 Å². The van der Waals surface area contributed by atoms with Gasteiger partial charge in [-0.25, -0.2) is 9.97 Å². The number of rotatable bonds is 3. The highest BCUT2D eigenvalue weighted by molar-refractivity contribution is 7.99. The molecule has 1 aliphatic heterocycles. The number of nitrogens with two attached hydrogens (primary N) is 1. The van der Waals surface area contributed by atoms with E-state index in [4.69, 9.17) is 5.73 Å². The maximum atomic E-state index is 6.31. The summed E-state index contributed by atoms with van der Waals surface area (Å²) in [5.74, 6) is 1.68. The first-order chi connectivity index (χ1) is 10.2. The second-order valence-electron chi connectivity index (χ2n) is 5.50. The zero-order valence-electron chi connectivity index (χ0n) is 12.2. The first-order valence-electron chi connectivity index (χ1n) is 7.32. The van der Waals surface area contributed by atoms with E-state index in [2.05, 4.69) is 33.9 Å². The van der Waals surface area contributed by atoms with Crippen LogP contribution in [-0.2, 0) is 0 Å². The van der Waals surface area contributed by atoms with E-state index in [9.17, 15) is 0 Å². The maximum Gasteiger partial charge on any atom is 0.156 e. The predicted molar refractivity (Wildman–Crippen MR) is 87.6 cm³/mol. The van der Waals surface area contributed by atoms with Crippen LogP contribution in [0.2, 0.25) is 0 Å². The Morgan fingerprint density at radius 2 is 1.86 bits per heavy atom. The molecule has 2 aromatic rings. The largest absolute Gasteiger partial charge is 0.394 e. The summed E-state index contributed by atoms with van der Waals surface area (Å²) in [6.07, 6.45) is 4.02. The van der Waals surface area contributed by atoms with E-state index in [1.165, 1.54) is 12.8 Å². The quantitative estimate of drug-likeness (QED) is 0.880. The second kappa shape index (κ2) is 6.35.